The summed E-state index contributed by atoms with van der Waals surface area (Å²) in [6, 6.07) is 4.95. The molecule has 0 aliphatic carbocycles. The molecule has 1 saturated heterocycles. The Morgan fingerprint density at radius 1 is 1.25 bits per heavy atom. The fourth-order valence-electron chi connectivity index (χ4n) is 3.58. The molecule has 6 nitrogen and oxygen atoms in total. The number of anilines is 1. The number of hydrogen-bond acceptors (Lipinski definition) is 3. The Labute approximate surface area is 144 Å². The van der Waals surface area contributed by atoms with Gasteiger partial charge in [0.25, 0.3) is 5.91 Å². The maximum absolute atomic E-state index is 12.3. The van der Waals surface area contributed by atoms with Crippen molar-refractivity contribution in [3.63, 3.8) is 0 Å². The minimum absolute atomic E-state index is 0.0806. The number of rotatable bonds is 5. The fourth-order valence-corrected chi connectivity index (χ4v) is 4.57. The van der Waals surface area contributed by atoms with Crippen LogP contribution in [0, 0.1) is 18.8 Å². The summed E-state index contributed by atoms with van der Waals surface area (Å²) in [4.78, 5) is 13.8. The average molecular weight is 354 g/mol. The maximum Gasteiger partial charge on any atom is 0.279 e. The van der Waals surface area contributed by atoms with Crippen molar-refractivity contribution >= 4 is 21.6 Å². The van der Waals surface area contributed by atoms with Crippen LogP contribution in [0.2, 0.25) is 0 Å². The quantitative estimate of drug-likeness (QED) is 0.716. The van der Waals surface area contributed by atoms with Gasteiger partial charge < -0.3 is 10.2 Å². The highest BCUT2D eigenvalue weighted by Crippen LogP contribution is 2.19. The van der Waals surface area contributed by atoms with Gasteiger partial charge in [-0.15, -0.1) is 0 Å². The van der Waals surface area contributed by atoms with Crippen molar-refractivity contribution in [2.24, 2.45) is 11.8 Å². The van der Waals surface area contributed by atoms with E-state index in [9.17, 15) is 13.2 Å². The molecule has 2 rings (SSSR count). The molecular formula is C17H28N3O3S+. The molecule has 1 heterocycles. The lowest BCUT2D eigenvalue weighted by Gasteiger charge is -2.31. The van der Waals surface area contributed by atoms with E-state index in [-0.39, 0.29) is 10.8 Å². The second kappa shape index (κ2) is 7.63. The zero-order valence-corrected chi connectivity index (χ0v) is 15.7. The van der Waals surface area contributed by atoms with E-state index < -0.39 is 10.0 Å². The van der Waals surface area contributed by atoms with Gasteiger partial charge in [0, 0.05) is 17.5 Å². The Hall–Kier alpha value is -1.44. The van der Waals surface area contributed by atoms with Gasteiger partial charge in [0.1, 0.15) is 0 Å². The highest BCUT2D eigenvalue weighted by Gasteiger charge is 2.26. The van der Waals surface area contributed by atoms with Crippen molar-refractivity contribution in [1.82, 2.24) is 4.72 Å². The molecule has 7 heteroatoms. The molecule has 134 valence electrons. The van der Waals surface area contributed by atoms with Gasteiger partial charge in [-0.2, -0.15) is 0 Å². The summed E-state index contributed by atoms with van der Waals surface area (Å²) in [5.41, 5.74) is 1.16. The van der Waals surface area contributed by atoms with Crippen LogP contribution in [0.25, 0.3) is 0 Å². The van der Waals surface area contributed by atoms with Crippen LogP contribution in [0.5, 0.6) is 0 Å². The van der Waals surface area contributed by atoms with Crippen molar-refractivity contribution in [1.29, 1.82) is 0 Å². The summed E-state index contributed by atoms with van der Waals surface area (Å²) in [7, 11) is -2.16. The number of aryl methyl sites for hydroxylation is 1. The summed E-state index contributed by atoms with van der Waals surface area (Å²) in [6.45, 7) is 8.61. The van der Waals surface area contributed by atoms with Gasteiger partial charge in [-0.05, 0) is 38.1 Å². The van der Waals surface area contributed by atoms with Gasteiger partial charge in [0.15, 0.2) is 6.54 Å². The van der Waals surface area contributed by atoms with Crippen molar-refractivity contribution in [2.75, 3.05) is 32.0 Å². The molecule has 24 heavy (non-hydrogen) atoms. The first-order chi connectivity index (χ1) is 11.2. The van der Waals surface area contributed by atoms with Crippen molar-refractivity contribution in [3.8, 4) is 0 Å². The lowest BCUT2D eigenvalue weighted by atomic mass is 9.92. The molecule has 0 spiro atoms. The van der Waals surface area contributed by atoms with E-state index in [0.717, 1.165) is 13.1 Å². The SMILES string of the molecule is CNS(=O)(=O)c1cc(NC(=O)C[NH+]2C[C@H](C)C[C@H](C)C2)ccc1C. The van der Waals surface area contributed by atoms with E-state index >= 15 is 0 Å². The number of nitrogens with one attached hydrogen (secondary N) is 3. The highest BCUT2D eigenvalue weighted by atomic mass is 32.2. The predicted octanol–water partition coefficient (Wildman–Crippen LogP) is 0.402. The number of likely N-dealkylation sites (tertiary alicyclic amines) is 1. The minimum Gasteiger partial charge on any atom is -0.327 e. The average Bonchev–Trinajstić information content (AvgIpc) is 2.47. The van der Waals surface area contributed by atoms with E-state index in [1.54, 1.807) is 19.1 Å². The molecule has 1 amide bonds. The molecular weight excluding hydrogens is 326 g/mol. The lowest BCUT2D eigenvalue weighted by molar-refractivity contribution is -0.904. The van der Waals surface area contributed by atoms with E-state index in [2.05, 4.69) is 23.9 Å². The zero-order valence-electron chi connectivity index (χ0n) is 14.8. The van der Waals surface area contributed by atoms with Crippen LogP contribution in [0.4, 0.5) is 5.69 Å². The second-order valence-corrected chi connectivity index (χ2v) is 8.87. The third kappa shape index (κ3) is 4.78. The highest BCUT2D eigenvalue weighted by molar-refractivity contribution is 7.89. The van der Waals surface area contributed by atoms with E-state index in [1.165, 1.54) is 24.4 Å². The van der Waals surface area contributed by atoms with Gasteiger partial charge in [-0.1, -0.05) is 19.9 Å². The Morgan fingerprint density at radius 3 is 2.46 bits per heavy atom. The standard InChI is InChI=1S/C17H27N3O3S/c1-12-7-13(2)10-20(9-12)11-17(21)19-15-6-5-14(3)16(8-15)24(22,23)18-4/h5-6,8,12-13,18H,7,9-11H2,1-4H3,(H,19,21)/p+1/t12-,13+. The van der Waals surface area contributed by atoms with Crippen LogP contribution in [0.15, 0.2) is 23.1 Å². The Bertz CT molecular complexity index is 693. The fraction of sp³-hybridized carbons (Fsp3) is 0.588. The molecule has 1 aliphatic rings. The molecule has 0 bridgehead atoms. The van der Waals surface area contributed by atoms with Crippen LogP contribution < -0.4 is 14.9 Å². The number of sulfonamides is 1. The van der Waals surface area contributed by atoms with Crippen LogP contribution in [0.3, 0.4) is 0 Å². The zero-order chi connectivity index (χ0) is 17.9. The normalized spacial score (nSPS) is 24.6. The van der Waals surface area contributed by atoms with Crippen molar-refractivity contribution in [3.05, 3.63) is 23.8 Å². The molecule has 1 unspecified atom stereocenters. The van der Waals surface area contributed by atoms with E-state index in [1.807, 2.05) is 0 Å². The van der Waals surface area contributed by atoms with Crippen LogP contribution in [-0.4, -0.2) is 41.0 Å². The molecule has 1 fully saturated rings. The molecule has 3 N–H and O–H groups in total. The smallest absolute Gasteiger partial charge is 0.279 e. The third-order valence-corrected chi connectivity index (χ3v) is 6.08. The summed E-state index contributed by atoms with van der Waals surface area (Å²) < 4.78 is 26.4. The van der Waals surface area contributed by atoms with E-state index in [4.69, 9.17) is 0 Å². The molecule has 1 aliphatic heterocycles. The maximum atomic E-state index is 12.3. The number of benzene rings is 1. The van der Waals surface area contributed by atoms with Gasteiger partial charge >= 0.3 is 0 Å². The van der Waals surface area contributed by atoms with E-state index in [0.29, 0.717) is 29.6 Å². The first-order valence-corrected chi connectivity index (χ1v) is 9.87. The summed E-state index contributed by atoms with van der Waals surface area (Å²) in [5, 5.41) is 2.83. The number of carbonyl (C=O) groups excluding carboxylic acids is 1. The van der Waals surface area contributed by atoms with Crippen LogP contribution >= 0.6 is 0 Å². The van der Waals surface area contributed by atoms with Gasteiger partial charge in [0.2, 0.25) is 10.0 Å². The molecule has 0 aromatic heterocycles. The number of quaternary nitrogens is 1. The van der Waals surface area contributed by atoms with Crippen LogP contribution in [0.1, 0.15) is 25.8 Å². The largest absolute Gasteiger partial charge is 0.327 e. The topological polar surface area (TPSA) is 79.7 Å². The molecule has 0 saturated carbocycles. The Morgan fingerprint density at radius 2 is 1.88 bits per heavy atom. The van der Waals surface area contributed by atoms with Gasteiger partial charge in [-0.3, -0.25) is 4.79 Å². The predicted molar refractivity (Wildman–Crippen MR) is 94.6 cm³/mol. The number of hydrogen-bond donors (Lipinski definition) is 3. The number of carbonyl (C=O) groups is 1. The number of amides is 1. The third-order valence-electron chi connectivity index (χ3n) is 4.52. The first kappa shape index (κ1) is 18.9. The lowest BCUT2D eigenvalue weighted by Crippen LogP contribution is -3.15. The Balaban J connectivity index is 2.05. The van der Waals surface area contributed by atoms with Gasteiger partial charge in [0.05, 0.1) is 18.0 Å². The summed E-state index contributed by atoms with van der Waals surface area (Å²) in [6.07, 6.45) is 1.22. The molecule has 1 aromatic carbocycles. The monoisotopic (exact) mass is 354 g/mol. The summed E-state index contributed by atoms with van der Waals surface area (Å²) >= 11 is 0. The second-order valence-electron chi connectivity index (χ2n) is 7.02. The van der Waals surface area contributed by atoms with Crippen molar-refractivity contribution < 1.29 is 18.1 Å². The minimum atomic E-state index is -3.54. The number of piperidine rings is 1. The molecule has 1 aromatic rings. The summed E-state index contributed by atoms with van der Waals surface area (Å²) in [5.74, 6) is 1.18. The Kier molecular flexibility index (Phi) is 6.01. The molecule has 3 atom stereocenters. The first-order valence-electron chi connectivity index (χ1n) is 8.39. The van der Waals surface area contributed by atoms with Crippen LogP contribution in [-0.2, 0) is 14.8 Å². The van der Waals surface area contributed by atoms with Gasteiger partial charge in [-0.25, -0.2) is 13.1 Å². The molecule has 0 radical (unpaired) electrons. The van der Waals surface area contributed by atoms with Crippen molar-refractivity contribution in [2.45, 2.75) is 32.1 Å².